The summed E-state index contributed by atoms with van der Waals surface area (Å²) in [6, 6.07) is 10.6. The van der Waals surface area contributed by atoms with Gasteiger partial charge in [0.25, 0.3) is 0 Å². The minimum Gasteiger partial charge on any atom is -0.362 e. The van der Waals surface area contributed by atoms with Crippen LogP contribution in [0.25, 0.3) is 0 Å². The molecule has 1 saturated heterocycles. The van der Waals surface area contributed by atoms with Gasteiger partial charge < -0.3 is 9.80 Å². The Hall–Kier alpha value is -2.73. The van der Waals surface area contributed by atoms with E-state index in [0.29, 0.717) is 19.0 Å². The van der Waals surface area contributed by atoms with Crippen LogP contribution in [0.4, 0.5) is 10.2 Å². The second-order valence-electron chi connectivity index (χ2n) is 9.15. The Morgan fingerprint density at radius 1 is 1.06 bits per heavy atom. The molecular formula is C26H33FN4O. The van der Waals surface area contributed by atoms with E-state index in [-0.39, 0.29) is 17.6 Å². The Morgan fingerprint density at radius 3 is 2.53 bits per heavy atom. The number of amides is 1. The van der Waals surface area contributed by atoms with Crippen molar-refractivity contribution >= 4 is 11.7 Å². The Morgan fingerprint density at radius 2 is 1.81 bits per heavy atom. The molecule has 0 bridgehead atoms. The van der Waals surface area contributed by atoms with Crippen LogP contribution in [0, 0.1) is 17.7 Å². The monoisotopic (exact) mass is 436 g/mol. The molecule has 0 N–H and O–H groups in total. The van der Waals surface area contributed by atoms with Gasteiger partial charge in [0.1, 0.15) is 11.6 Å². The van der Waals surface area contributed by atoms with Gasteiger partial charge in [0.05, 0.1) is 0 Å². The highest BCUT2D eigenvalue weighted by molar-refractivity contribution is 5.80. The van der Waals surface area contributed by atoms with Gasteiger partial charge in [0, 0.05) is 51.4 Å². The van der Waals surface area contributed by atoms with Gasteiger partial charge in [-0.2, -0.15) is 0 Å². The predicted octanol–water partition coefficient (Wildman–Crippen LogP) is 4.10. The maximum atomic E-state index is 13.4. The quantitative estimate of drug-likeness (QED) is 0.639. The number of pyridine rings is 1. The summed E-state index contributed by atoms with van der Waals surface area (Å²) in [6.07, 6.45) is 8.99. The summed E-state index contributed by atoms with van der Waals surface area (Å²) in [6.45, 7) is 4.05. The van der Waals surface area contributed by atoms with Crippen molar-refractivity contribution in [3.63, 3.8) is 0 Å². The first kappa shape index (κ1) is 22.5. The molecule has 3 heterocycles. The molecule has 1 aromatic carbocycles. The van der Waals surface area contributed by atoms with Gasteiger partial charge in [0.2, 0.25) is 5.91 Å². The molecule has 1 amide bonds. The molecule has 2 aliphatic heterocycles. The summed E-state index contributed by atoms with van der Waals surface area (Å²) < 4.78 is 13.2. The van der Waals surface area contributed by atoms with Crippen molar-refractivity contribution in [1.82, 2.24) is 14.8 Å². The lowest BCUT2D eigenvalue weighted by Gasteiger charge is -2.37. The fourth-order valence-corrected chi connectivity index (χ4v) is 4.93. The first-order valence-electron chi connectivity index (χ1n) is 11.5. The van der Waals surface area contributed by atoms with Gasteiger partial charge in [-0.05, 0) is 62.0 Å². The molecule has 0 aliphatic carbocycles. The average Bonchev–Trinajstić information content (AvgIpc) is 2.97. The maximum Gasteiger partial charge on any atom is 0.226 e. The zero-order valence-electron chi connectivity index (χ0n) is 19.1. The molecule has 4 rings (SSSR count). The van der Waals surface area contributed by atoms with Crippen LogP contribution < -0.4 is 4.90 Å². The highest BCUT2D eigenvalue weighted by atomic mass is 19.1. The minimum absolute atomic E-state index is 0.0343. The topological polar surface area (TPSA) is 39.7 Å². The zero-order chi connectivity index (χ0) is 22.5. The fraction of sp³-hybridized carbons (Fsp3) is 0.462. The van der Waals surface area contributed by atoms with Crippen LogP contribution in [0.15, 0.2) is 54.7 Å². The highest BCUT2D eigenvalue weighted by Gasteiger charge is 2.34. The van der Waals surface area contributed by atoms with E-state index in [9.17, 15) is 9.18 Å². The summed E-state index contributed by atoms with van der Waals surface area (Å²) in [4.78, 5) is 24.4. The van der Waals surface area contributed by atoms with Crippen LogP contribution in [0.2, 0.25) is 0 Å². The summed E-state index contributed by atoms with van der Waals surface area (Å²) in [5.74, 6) is 1.45. The Labute approximate surface area is 190 Å². The van der Waals surface area contributed by atoms with E-state index < -0.39 is 0 Å². The fourth-order valence-electron chi connectivity index (χ4n) is 4.93. The van der Waals surface area contributed by atoms with Crippen LogP contribution in [-0.4, -0.2) is 54.4 Å². The largest absolute Gasteiger partial charge is 0.362 e. The molecule has 0 saturated carbocycles. The number of carbonyl (C=O) groups excluding carboxylic acids is 1. The smallest absolute Gasteiger partial charge is 0.226 e. The first-order chi connectivity index (χ1) is 15.5. The summed E-state index contributed by atoms with van der Waals surface area (Å²) in [5, 5.41) is 0. The van der Waals surface area contributed by atoms with E-state index in [1.54, 1.807) is 12.1 Å². The number of halogens is 1. The molecule has 2 aliphatic rings. The van der Waals surface area contributed by atoms with Crippen molar-refractivity contribution in [1.29, 1.82) is 0 Å². The van der Waals surface area contributed by atoms with Crippen molar-refractivity contribution in [2.24, 2.45) is 11.8 Å². The molecule has 32 heavy (non-hydrogen) atoms. The number of likely N-dealkylation sites (tertiary alicyclic amines) is 1. The van der Waals surface area contributed by atoms with E-state index in [1.807, 2.05) is 31.3 Å². The van der Waals surface area contributed by atoms with E-state index in [4.69, 9.17) is 0 Å². The highest BCUT2D eigenvalue weighted by Crippen LogP contribution is 2.32. The van der Waals surface area contributed by atoms with Crippen LogP contribution in [0.5, 0.6) is 0 Å². The zero-order valence-corrected chi connectivity index (χ0v) is 19.1. The van der Waals surface area contributed by atoms with Gasteiger partial charge >= 0.3 is 0 Å². The van der Waals surface area contributed by atoms with E-state index >= 15 is 0 Å². The number of hydrogen-bond donors (Lipinski definition) is 0. The lowest BCUT2D eigenvalue weighted by molar-refractivity contribution is -0.137. The van der Waals surface area contributed by atoms with Gasteiger partial charge in [-0.3, -0.25) is 9.69 Å². The maximum absolute atomic E-state index is 13.4. The van der Waals surface area contributed by atoms with Crippen molar-refractivity contribution < 1.29 is 9.18 Å². The van der Waals surface area contributed by atoms with Crippen molar-refractivity contribution in [3.05, 3.63) is 71.7 Å². The van der Waals surface area contributed by atoms with Gasteiger partial charge in [0.15, 0.2) is 0 Å². The summed E-state index contributed by atoms with van der Waals surface area (Å²) >= 11 is 0. The molecule has 0 spiro atoms. The summed E-state index contributed by atoms with van der Waals surface area (Å²) in [5.41, 5.74) is 2.21. The third kappa shape index (κ3) is 5.36. The standard InChI is InChI=1S/C26H33FN4O/c1-29(2)25-22(6-5-14-28-25)19-30-16-12-21(13-17-30)24-7-3-4-15-31(26(24)32)18-20-8-10-23(27)11-9-20/h3-6,8-11,14,21,24H,7,12-13,15-19H2,1-2H3/t24-/m0/s1. The molecular weight excluding hydrogens is 403 g/mol. The van der Waals surface area contributed by atoms with Crippen LogP contribution in [0.1, 0.15) is 30.4 Å². The molecule has 1 atom stereocenters. The number of anilines is 1. The Kier molecular flexibility index (Phi) is 7.20. The molecule has 2 aromatic rings. The van der Waals surface area contributed by atoms with Crippen LogP contribution in [-0.2, 0) is 17.9 Å². The second kappa shape index (κ2) is 10.3. The number of aromatic nitrogens is 1. The molecule has 6 heteroatoms. The number of nitrogens with zero attached hydrogens (tertiary/aromatic N) is 4. The predicted molar refractivity (Wildman–Crippen MR) is 126 cm³/mol. The molecule has 0 unspecified atom stereocenters. The lowest BCUT2D eigenvalue weighted by Crippen LogP contribution is -2.42. The molecule has 0 radical (unpaired) electrons. The molecule has 170 valence electrons. The first-order valence-corrected chi connectivity index (χ1v) is 11.5. The minimum atomic E-state index is -0.246. The van der Waals surface area contributed by atoms with Gasteiger partial charge in [-0.25, -0.2) is 9.37 Å². The normalized spacial score (nSPS) is 20.4. The third-order valence-electron chi connectivity index (χ3n) is 6.68. The number of piperidine rings is 1. The van der Waals surface area contributed by atoms with Crippen molar-refractivity contribution in [2.45, 2.75) is 32.4 Å². The van der Waals surface area contributed by atoms with Crippen LogP contribution >= 0.6 is 0 Å². The third-order valence-corrected chi connectivity index (χ3v) is 6.68. The van der Waals surface area contributed by atoms with Crippen LogP contribution in [0.3, 0.4) is 0 Å². The number of allylic oxidation sites excluding steroid dienone is 1. The Balaban J connectivity index is 1.36. The van der Waals surface area contributed by atoms with Gasteiger partial charge in [-0.15, -0.1) is 0 Å². The number of rotatable bonds is 6. The SMILES string of the molecule is CN(C)c1ncccc1CN1CCC([C@@H]2CC=CCN(Cc3ccc(F)cc3)C2=O)CC1. The van der Waals surface area contributed by atoms with E-state index in [0.717, 1.165) is 50.3 Å². The molecule has 1 fully saturated rings. The van der Waals surface area contributed by atoms with Gasteiger partial charge in [-0.1, -0.05) is 30.4 Å². The van der Waals surface area contributed by atoms with E-state index in [1.165, 1.54) is 17.7 Å². The lowest BCUT2D eigenvalue weighted by atomic mass is 9.81. The number of carbonyl (C=O) groups is 1. The molecule has 1 aromatic heterocycles. The number of benzene rings is 1. The van der Waals surface area contributed by atoms with E-state index in [2.05, 4.69) is 33.0 Å². The second-order valence-corrected chi connectivity index (χ2v) is 9.15. The molecule has 5 nitrogen and oxygen atoms in total. The Bertz CT molecular complexity index is 935. The van der Waals surface area contributed by atoms with Crippen molar-refractivity contribution in [3.8, 4) is 0 Å². The summed E-state index contributed by atoms with van der Waals surface area (Å²) in [7, 11) is 4.06. The number of hydrogen-bond acceptors (Lipinski definition) is 4. The van der Waals surface area contributed by atoms with Crippen molar-refractivity contribution in [2.75, 3.05) is 38.6 Å². The average molecular weight is 437 g/mol.